The Bertz CT molecular complexity index is 1350. The SMILES string of the molecule is O=C1Cc2nccc(Oc3cccc(NS(=O)(=O)Nc4ccc(Cl)c(C(F)(F)F)c4)c3)c2C1. The number of rotatable bonds is 6. The Hall–Kier alpha value is -3.31. The van der Waals surface area contributed by atoms with Gasteiger partial charge in [-0.15, -0.1) is 0 Å². The summed E-state index contributed by atoms with van der Waals surface area (Å²) in [7, 11) is -4.29. The lowest BCUT2D eigenvalue weighted by Crippen LogP contribution is -2.22. The van der Waals surface area contributed by atoms with Crippen LogP contribution in [0.4, 0.5) is 24.5 Å². The number of halogens is 4. The number of nitrogens with zero attached hydrogens (tertiary/aromatic N) is 1. The number of fused-ring (bicyclic) bond motifs is 1. The highest BCUT2D eigenvalue weighted by Gasteiger charge is 2.33. The molecule has 2 N–H and O–H groups in total. The molecule has 0 bridgehead atoms. The number of hydrogen-bond acceptors (Lipinski definition) is 5. The molecule has 0 unspecified atom stereocenters. The summed E-state index contributed by atoms with van der Waals surface area (Å²) >= 11 is 5.56. The third-order valence-corrected chi connectivity index (χ3v) is 6.02. The molecule has 0 atom stereocenters. The fraction of sp³-hybridized carbons (Fsp3) is 0.143. The van der Waals surface area contributed by atoms with Gasteiger partial charge in [0.25, 0.3) is 0 Å². The number of alkyl halides is 3. The van der Waals surface area contributed by atoms with E-state index in [0.717, 1.165) is 12.1 Å². The smallest absolute Gasteiger partial charge is 0.417 e. The molecule has 4 rings (SSSR count). The van der Waals surface area contributed by atoms with E-state index in [4.69, 9.17) is 16.3 Å². The Kier molecular flexibility index (Phi) is 5.93. The van der Waals surface area contributed by atoms with E-state index in [1.165, 1.54) is 24.4 Å². The minimum atomic E-state index is -4.74. The van der Waals surface area contributed by atoms with Gasteiger partial charge in [0.05, 0.1) is 27.7 Å². The van der Waals surface area contributed by atoms with Gasteiger partial charge < -0.3 is 4.74 Å². The van der Waals surface area contributed by atoms with Gasteiger partial charge in [0.2, 0.25) is 0 Å². The van der Waals surface area contributed by atoms with Gasteiger partial charge in [0, 0.05) is 30.7 Å². The molecular weight excluding hydrogens is 483 g/mol. The highest BCUT2D eigenvalue weighted by atomic mass is 35.5. The molecule has 1 heterocycles. The van der Waals surface area contributed by atoms with E-state index < -0.39 is 27.0 Å². The van der Waals surface area contributed by atoms with Gasteiger partial charge >= 0.3 is 16.4 Å². The van der Waals surface area contributed by atoms with Crippen LogP contribution in [-0.4, -0.2) is 19.2 Å². The summed E-state index contributed by atoms with van der Waals surface area (Å²) in [6.45, 7) is 0. The standard InChI is InChI=1S/C21H15ClF3N3O4S/c22-18-5-4-13(9-17(18)21(23,24)25)28-33(30,31)27-12-2-1-3-15(8-12)32-20-6-7-26-19-11-14(29)10-16(19)20/h1-9,27-28H,10-11H2. The van der Waals surface area contributed by atoms with Crippen molar-refractivity contribution in [1.29, 1.82) is 0 Å². The van der Waals surface area contributed by atoms with Crippen molar-refractivity contribution in [3.05, 3.63) is 76.6 Å². The first-order valence-corrected chi connectivity index (χ1v) is 11.3. The number of pyridine rings is 1. The number of anilines is 2. The molecule has 0 saturated carbocycles. The molecular formula is C21H15ClF3N3O4S. The Morgan fingerprint density at radius 2 is 1.73 bits per heavy atom. The molecule has 0 spiro atoms. The molecule has 0 amide bonds. The van der Waals surface area contributed by atoms with Gasteiger partial charge in [0.15, 0.2) is 0 Å². The van der Waals surface area contributed by atoms with Crippen molar-refractivity contribution in [2.45, 2.75) is 19.0 Å². The number of aromatic nitrogens is 1. The summed E-state index contributed by atoms with van der Waals surface area (Å²) in [5, 5.41) is -0.549. The molecule has 1 aliphatic carbocycles. The predicted molar refractivity (Wildman–Crippen MR) is 116 cm³/mol. The van der Waals surface area contributed by atoms with Crippen LogP contribution in [0.2, 0.25) is 5.02 Å². The number of carbonyl (C=O) groups is 1. The van der Waals surface area contributed by atoms with E-state index in [1.54, 1.807) is 12.1 Å². The zero-order chi connectivity index (χ0) is 23.8. The van der Waals surface area contributed by atoms with Crippen LogP contribution in [0.25, 0.3) is 0 Å². The van der Waals surface area contributed by atoms with Crippen LogP contribution in [-0.2, 0) is 34.0 Å². The van der Waals surface area contributed by atoms with Crippen LogP contribution >= 0.6 is 11.6 Å². The first-order valence-electron chi connectivity index (χ1n) is 9.44. The highest BCUT2D eigenvalue weighted by molar-refractivity contribution is 7.94. The normalized spacial score (nSPS) is 13.5. The summed E-state index contributed by atoms with van der Waals surface area (Å²) in [6, 6.07) is 10.2. The van der Waals surface area contributed by atoms with Crippen LogP contribution in [0.5, 0.6) is 11.5 Å². The molecule has 0 radical (unpaired) electrons. The van der Waals surface area contributed by atoms with Crippen LogP contribution in [0.3, 0.4) is 0 Å². The molecule has 1 aliphatic rings. The molecule has 33 heavy (non-hydrogen) atoms. The maximum atomic E-state index is 13.0. The molecule has 172 valence electrons. The topological polar surface area (TPSA) is 97.4 Å². The Balaban J connectivity index is 1.51. The Morgan fingerprint density at radius 3 is 2.45 bits per heavy atom. The predicted octanol–water partition coefficient (Wildman–Crippen LogP) is 4.98. The second kappa shape index (κ2) is 8.56. The largest absolute Gasteiger partial charge is 0.457 e. The average Bonchev–Trinajstić information content (AvgIpc) is 3.09. The first kappa shape index (κ1) is 22.9. The Labute approximate surface area is 191 Å². The number of ketones is 1. The van der Waals surface area contributed by atoms with Crippen molar-refractivity contribution >= 4 is 39.0 Å². The molecule has 0 fully saturated rings. The van der Waals surface area contributed by atoms with E-state index in [-0.39, 0.29) is 35.7 Å². The fourth-order valence-corrected chi connectivity index (χ4v) is 4.44. The average molecular weight is 498 g/mol. The number of ether oxygens (including phenoxy) is 1. The number of Topliss-reactive ketones (excluding diaryl/α,β-unsaturated/α-hetero) is 1. The summed E-state index contributed by atoms with van der Waals surface area (Å²) in [5.41, 5.74) is -0.0586. The minimum absolute atomic E-state index is 0.0250. The van der Waals surface area contributed by atoms with E-state index in [2.05, 4.69) is 9.71 Å². The van der Waals surface area contributed by atoms with Gasteiger partial charge in [-0.2, -0.15) is 21.6 Å². The maximum Gasteiger partial charge on any atom is 0.417 e. The van der Waals surface area contributed by atoms with E-state index in [0.29, 0.717) is 23.1 Å². The van der Waals surface area contributed by atoms with Crippen molar-refractivity contribution in [3.63, 3.8) is 0 Å². The van der Waals surface area contributed by atoms with Crippen molar-refractivity contribution in [1.82, 2.24) is 4.98 Å². The molecule has 12 heteroatoms. The first-order chi connectivity index (χ1) is 15.5. The van der Waals surface area contributed by atoms with Crippen LogP contribution in [0, 0.1) is 0 Å². The zero-order valence-corrected chi connectivity index (χ0v) is 18.2. The quantitative estimate of drug-likeness (QED) is 0.500. The Morgan fingerprint density at radius 1 is 1.00 bits per heavy atom. The van der Waals surface area contributed by atoms with Crippen LogP contribution < -0.4 is 14.2 Å². The van der Waals surface area contributed by atoms with Gasteiger partial charge in [-0.05, 0) is 36.4 Å². The third kappa shape index (κ3) is 5.37. The molecule has 0 aliphatic heterocycles. The highest BCUT2D eigenvalue weighted by Crippen LogP contribution is 2.36. The number of carbonyl (C=O) groups excluding carboxylic acids is 1. The lowest BCUT2D eigenvalue weighted by molar-refractivity contribution is -0.137. The van der Waals surface area contributed by atoms with Gasteiger partial charge in [-0.25, -0.2) is 0 Å². The number of nitrogens with one attached hydrogen (secondary N) is 2. The van der Waals surface area contributed by atoms with Crippen molar-refractivity contribution < 1.29 is 31.1 Å². The van der Waals surface area contributed by atoms with Gasteiger partial charge in [0.1, 0.15) is 17.3 Å². The summed E-state index contributed by atoms with van der Waals surface area (Å²) < 4.78 is 74.0. The van der Waals surface area contributed by atoms with Gasteiger partial charge in [-0.3, -0.25) is 19.2 Å². The van der Waals surface area contributed by atoms with E-state index in [1.807, 2.05) is 4.72 Å². The maximum absolute atomic E-state index is 13.0. The van der Waals surface area contributed by atoms with Gasteiger partial charge in [-0.1, -0.05) is 17.7 Å². The fourth-order valence-electron chi connectivity index (χ4n) is 3.29. The summed E-state index contributed by atoms with van der Waals surface area (Å²) in [6.07, 6.45) is -2.78. The zero-order valence-electron chi connectivity index (χ0n) is 16.6. The second-order valence-corrected chi connectivity index (χ2v) is 8.98. The van der Waals surface area contributed by atoms with E-state index in [9.17, 15) is 26.4 Å². The molecule has 2 aromatic carbocycles. The summed E-state index contributed by atoms with van der Waals surface area (Å²) in [4.78, 5) is 15.9. The second-order valence-electron chi connectivity index (χ2n) is 7.16. The molecule has 1 aromatic heterocycles. The summed E-state index contributed by atoms with van der Waals surface area (Å²) in [5.74, 6) is 0.746. The molecule has 3 aromatic rings. The third-order valence-electron chi connectivity index (χ3n) is 4.68. The van der Waals surface area contributed by atoms with Crippen molar-refractivity contribution in [2.75, 3.05) is 9.44 Å². The molecule has 0 saturated heterocycles. The number of benzene rings is 2. The van der Waals surface area contributed by atoms with Crippen molar-refractivity contribution in [3.8, 4) is 11.5 Å². The van der Waals surface area contributed by atoms with Crippen molar-refractivity contribution in [2.24, 2.45) is 0 Å². The number of hydrogen-bond donors (Lipinski definition) is 2. The monoisotopic (exact) mass is 497 g/mol. The minimum Gasteiger partial charge on any atom is -0.457 e. The lowest BCUT2D eigenvalue weighted by atomic mass is 10.2. The van der Waals surface area contributed by atoms with Crippen LogP contribution in [0.1, 0.15) is 16.8 Å². The van der Waals surface area contributed by atoms with Crippen LogP contribution in [0.15, 0.2) is 54.7 Å². The lowest BCUT2D eigenvalue weighted by Gasteiger charge is -2.14. The van der Waals surface area contributed by atoms with E-state index >= 15 is 0 Å². The molecule has 7 nitrogen and oxygen atoms in total.